The summed E-state index contributed by atoms with van der Waals surface area (Å²) in [7, 11) is 0. The number of nitrogens with one attached hydrogen (secondary N) is 1. The van der Waals surface area contributed by atoms with Gasteiger partial charge in [0.25, 0.3) is 0 Å². The van der Waals surface area contributed by atoms with E-state index >= 15 is 0 Å². The molecule has 1 atom stereocenters. The molecule has 1 heterocycles. The molecule has 5 heteroatoms. The van der Waals surface area contributed by atoms with Gasteiger partial charge in [0.05, 0.1) is 6.54 Å². The first-order valence-electron chi connectivity index (χ1n) is 8.18. The summed E-state index contributed by atoms with van der Waals surface area (Å²) < 4.78 is 6.03. The Morgan fingerprint density at radius 2 is 2.23 bits per heavy atom. The summed E-state index contributed by atoms with van der Waals surface area (Å²) in [5, 5.41) is 5.01. The molecule has 0 aliphatic carbocycles. The van der Waals surface area contributed by atoms with Crippen LogP contribution < -0.4 is 15.9 Å². The lowest BCUT2D eigenvalue weighted by atomic mass is 10.0. The molecule has 0 aromatic heterocycles. The number of para-hydroxylation sites is 1. The highest BCUT2D eigenvalue weighted by atomic mass is 16.5. The molecule has 0 radical (unpaired) electrons. The number of nitrogens with zero attached hydrogens (tertiary/aromatic N) is 2. The summed E-state index contributed by atoms with van der Waals surface area (Å²) in [6, 6.07) is 8.53. The number of aliphatic imine (C=N–C) groups is 1. The van der Waals surface area contributed by atoms with Crippen molar-refractivity contribution in [1.29, 1.82) is 0 Å². The van der Waals surface area contributed by atoms with Crippen LogP contribution in [0.2, 0.25) is 0 Å². The van der Waals surface area contributed by atoms with E-state index in [1.54, 1.807) is 5.01 Å². The molecule has 1 aromatic rings. The van der Waals surface area contributed by atoms with Gasteiger partial charge in [-0.15, -0.1) is 0 Å². The number of guanidine groups is 1. The Morgan fingerprint density at radius 1 is 1.45 bits per heavy atom. The number of fused-ring (bicyclic) bond motifs is 1. The van der Waals surface area contributed by atoms with Crippen molar-refractivity contribution in [3.05, 3.63) is 29.8 Å². The van der Waals surface area contributed by atoms with E-state index in [1.807, 2.05) is 12.1 Å². The molecule has 2 rings (SSSR count). The van der Waals surface area contributed by atoms with Gasteiger partial charge in [-0.3, -0.25) is 5.01 Å². The maximum absolute atomic E-state index is 6.07. The van der Waals surface area contributed by atoms with Crippen LogP contribution in [-0.4, -0.2) is 36.2 Å². The van der Waals surface area contributed by atoms with Crippen molar-refractivity contribution < 1.29 is 4.74 Å². The second-order valence-corrected chi connectivity index (χ2v) is 6.04. The van der Waals surface area contributed by atoms with E-state index in [0.717, 1.165) is 37.5 Å². The van der Waals surface area contributed by atoms with Gasteiger partial charge in [-0.05, 0) is 44.7 Å². The largest absolute Gasteiger partial charge is 0.488 e. The summed E-state index contributed by atoms with van der Waals surface area (Å²) in [5.41, 5.74) is 1.29. The van der Waals surface area contributed by atoms with Crippen LogP contribution >= 0.6 is 0 Å². The van der Waals surface area contributed by atoms with E-state index < -0.39 is 0 Å². The molecule has 1 aliphatic heterocycles. The normalized spacial score (nSPS) is 17.9. The zero-order chi connectivity index (χ0) is 15.9. The van der Waals surface area contributed by atoms with Crippen molar-refractivity contribution in [1.82, 2.24) is 10.3 Å². The van der Waals surface area contributed by atoms with Crippen LogP contribution in [-0.2, 0) is 6.42 Å². The number of rotatable bonds is 5. The lowest BCUT2D eigenvalue weighted by Crippen LogP contribution is -2.49. The van der Waals surface area contributed by atoms with Crippen LogP contribution in [0.4, 0.5) is 0 Å². The maximum atomic E-state index is 6.07. The standard InChI is InChI=1S/C17H28N4O/c1-4-11-21(18)17(20-13(2)3)19-12-15-10-9-14-7-5-6-8-16(14)22-15/h5-8,13,15H,4,9-12,18H2,1-3H3,(H,19,20). The van der Waals surface area contributed by atoms with Crippen molar-refractivity contribution in [2.75, 3.05) is 13.1 Å². The molecule has 0 spiro atoms. The Bertz CT molecular complexity index is 501. The number of nitrogens with two attached hydrogens (primary N) is 1. The number of aryl methyl sites for hydroxylation is 1. The second kappa shape index (κ2) is 8.03. The first-order chi connectivity index (χ1) is 10.6. The fourth-order valence-electron chi connectivity index (χ4n) is 2.52. The number of hydrogen-bond acceptors (Lipinski definition) is 3. The molecule has 122 valence electrons. The van der Waals surface area contributed by atoms with Crippen molar-refractivity contribution in [3.8, 4) is 5.75 Å². The van der Waals surface area contributed by atoms with Gasteiger partial charge in [-0.2, -0.15) is 0 Å². The van der Waals surface area contributed by atoms with E-state index in [-0.39, 0.29) is 6.10 Å². The second-order valence-electron chi connectivity index (χ2n) is 6.04. The van der Waals surface area contributed by atoms with Crippen molar-refractivity contribution in [3.63, 3.8) is 0 Å². The van der Waals surface area contributed by atoms with Gasteiger partial charge in [-0.25, -0.2) is 10.8 Å². The van der Waals surface area contributed by atoms with Crippen LogP contribution in [0.5, 0.6) is 5.75 Å². The Kier molecular flexibility index (Phi) is 6.07. The maximum Gasteiger partial charge on any atom is 0.208 e. The Hall–Kier alpha value is -1.75. The molecule has 0 saturated heterocycles. The van der Waals surface area contributed by atoms with Crippen LogP contribution in [0.25, 0.3) is 0 Å². The fourth-order valence-corrected chi connectivity index (χ4v) is 2.52. The van der Waals surface area contributed by atoms with Crippen molar-refractivity contribution in [2.45, 2.75) is 52.2 Å². The van der Waals surface area contributed by atoms with Crippen molar-refractivity contribution >= 4 is 5.96 Å². The molecule has 0 bridgehead atoms. The topological polar surface area (TPSA) is 62.9 Å². The molecule has 0 fully saturated rings. The summed E-state index contributed by atoms with van der Waals surface area (Å²) in [4.78, 5) is 4.66. The SMILES string of the molecule is CCCN(N)C(=NCC1CCc2ccccc2O1)NC(C)C. The highest BCUT2D eigenvalue weighted by Gasteiger charge is 2.19. The first kappa shape index (κ1) is 16.6. The summed E-state index contributed by atoms with van der Waals surface area (Å²) in [6.45, 7) is 7.69. The smallest absolute Gasteiger partial charge is 0.208 e. The Morgan fingerprint density at radius 3 is 2.95 bits per heavy atom. The molecule has 1 unspecified atom stereocenters. The third-order valence-electron chi connectivity index (χ3n) is 3.60. The van der Waals surface area contributed by atoms with Gasteiger partial charge in [0.2, 0.25) is 5.96 Å². The Labute approximate surface area is 133 Å². The predicted octanol–water partition coefficient (Wildman–Crippen LogP) is 2.32. The highest BCUT2D eigenvalue weighted by Crippen LogP contribution is 2.27. The Balaban J connectivity index is 1.98. The molecular weight excluding hydrogens is 276 g/mol. The lowest BCUT2D eigenvalue weighted by molar-refractivity contribution is 0.181. The molecule has 0 amide bonds. The highest BCUT2D eigenvalue weighted by molar-refractivity contribution is 5.79. The predicted molar refractivity (Wildman–Crippen MR) is 90.9 cm³/mol. The van der Waals surface area contributed by atoms with Gasteiger partial charge in [0, 0.05) is 12.6 Å². The molecule has 3 N–H and O–H groups in total. The monoisotopic (exact) mass is 304 g/mol. The van der Waals surface area contributed by atoms with E-state index in [4.69, 9.17) is 10.6 Å². The molecule has 1 aliphatic rings. The number of benzene rings is 1. The third kappa shape index (κ3) is 4.63. The van der Waals surface area contributed by atoms with Gasteiger partial charge in [-0.1, -0.05) is 25.1 Å². The van der Waals surface area contributed by atoms with E-state index in [1.165, 1.54) is 5.56 Å². The minimum absolute atomic E-state index is 0.119. The molecule has 0 saturated carbocycles. The minimum atomic E-state index is 0.119. The van der Waals surface area contributed by atoms with Crippen molar-refractivity contribution in [2.24, 2.45) is 10.8 Å². The fraction of sp³-hybridized carbons (Fsp3) is 0.588. The summed E-state index contributed by atoms with van der Waals surface area (Å²) in [6.07, 6.45) is 3.15. The number of ether oxygens (including phenoxy) is 1. The van der Waals surface area contributed by atoms with Crippen LogP contribution in [0, 0.1) is 0 Å². The quantitative estimate of drug-likeness (QED) is 0.379. The van der Waals surface area contributed by atoms with Gasteiger partial charge in [0.1, 0.15) is 11.9 Å². The van der Waals surface area contributed by atoms with E-state index in [2.05, 4.69) is 43.2 Å². The van der Waals surface area contributed by atoms with Crippen LogP contribution in [0.1, 0.15) is 39.2 Å². The first-order valence-corrected chi connectivity index (χ1v) is 8.18. The number of hydrazine groups is 1. The van der Waals surface area contributed by atoms with Gasteiger partial charge in [0.15, 0.2) is 0 Å². The zero-order valence-corrected chi connectivity index (χ0v) is 13.9. The molecular formula is C17H28N4O. The molecule has 5 nitrogen and oxygen atoms in total. The van der Waals surface area contributed by atoms with E-state index in [0.29, 0.717) is 12.6 Å². The number of hydrogen-bond donors (Lipinski definition) is 2. The molecule has 1 aromatic carbocycles. The lowest BCUT2D eigenvalue weighted by Gasteiger charge is -2.27. The summed E-state index contributed by atoms with van der Waals surface area (Å²) >= 11 is 0. The van der Waals surface area contributed by atoms with Gasteiger partial charge < -0.3 is 10.1 Å². The minimum Gasteiger partial charge on any atom is -0.488 e. The van der Waals surface area contributed by atoms with Crippen LogP contribution in [0.15, 0.2) is 29.3 Å². The average Bonchev–Trinajstić information content (AvgIpc) is 2.51. The molecule has 22 heavy (non-hydrogen) atoms. The van der Waals surface area contributed by atoms with Crippen LogP contribution in [0.3, 0.4) is 0 Å². The summed E-state index contributed by atoms with van der Waals surface area (Å²) in [5.74, 6) is 7.81. The zero-order valence-electron chi connectivity index (χ0n) is 13.9. The average molecular weight is 304 g/mol. The van der Waals surface area contributed by atoms with E-state index in [9.17, 15) is 0 Å². The van der Waals surface area contributed by atoms with Gasteiger partial charge >= 0.3 is 0 Å². The third-order valence-corrected chi connectivity index (χ3v) is 3.60.